The molecule has 0 spiro atoms. The molecule has 0 unspecified atom stereocenters. The standard InChI is InChI=1S/C10H19NO3/c1-4-10(13)11-5-6-14-7-9(12)8(2)3/h8H,4-7H2,1-3H3,(H,11,13). The first-order chi connectivity index (χ1) is 6.57. The van der Waals surface area contributed by atoms with Crippen LogP contribution in [0.4, 0.5) is 0 Å². The molecular formula is C10H19NO3. The Balaban J connectivity index is 3.30. The van der Waals surface area contributed by atoms with Crippen LogP contribution in [0.1, 0.15) is 27.2 Å². The van der Waals surface area contributed by atoms with Crippen molar-refractivity contribution < 1.29 is 14.3 Å². The number of carbonyl (C=O) groups is 2. The first-order valence-electron chi connectivity index (χ1n) is 4.95. The molecule has 4 heteroatoms. The third-order valence-corrected chi connectivity index (χ3v) is 1.78. The van der Waals surface area contributed by atoms with Crippen LogP contribution in [0, 0.1) is 5.92 Å². The van der Waals surface area contributed by atoms with Crippen molar-refractivity contribution in [1.29, 1.82) is 0 Å². The zero-order valence-electron chi connectivity index (χ0n) is 9.13. The van der Waals surface area contributed by atoms with Crippen molar-refractivity contribution in [2.75, 3.05) is 19.8 Å². The van der Waals surface area contributed by atoms with E-state index in [4.69, 9.17) is 4.74 Å². The summed E-state index contributed by atoms with van der Waals surface area (Å²) in [5.41, 5.74) is 0. The summed E-state index contributed by atoms with van der Waals surface area (Å²) in [6, 6.07) is 0. The highest BCUT2D eigenvalue weighted by Crippen LogP contribution is 1.93. The van der Waals surface area contributed by atoms with Crippen LogP contribution < -0.4 is 5.32 Å². The molecule has 14 heavy (non-hydrogen) atoms. The Bertz CT molecular complexity index is 190. The first-order valence-corrected chi connectivity index (χ1v) is 4.95. The number of hydrogen-bond donors (Lipinski definition) is 1. The number of nitrogens with one attached hydrogen (secondary N) is 1. The van der Waals surface area contributed by atoms with Gasteiger partial charge in [-0.25, -0.2) is 0 Å². The molecule has 0 radical (unpaired) electrons. The number of ketones is 1. The van der Waals surface area contributed by atoms with Crippen LogP contribution in [-0.2, 0) is 14.3 Å². The van der Waals surface area contributed by atoms with Crippen LogP contribution in [0.25, 0.3) is 0 Å². The Hall–Kier alpha value is -0.900. The predicted octanol–water partition coefficient (Wildman–Crippen LogP) is 0.754. The number of Topliss-reactive ketones (excluding diaryl/α,β-unsaturated/α-hetero) is 1. The lowest BCUT2D eigenvalue weighted by molar-refractivity contribution is -0.126. The van der Waals surface area contributed by atoms with Crippen LogP contribution in [0.2, 0.25) is 0 Å². The molecular weight excluding hydrogens is 182 g/mol. The molecule has 0 bridgehead atoms. The van der Waals surface area contributed by atoms with Gasteiger partial charge in [0.15, 0.2) is 5.78 Å². The zero-order chi connectivity index (χ0) is 11.0. The maximum Gasteiger partial charge on any atom is 0.219 e. The van der Waals surface area contributed by atoms with Gasteiger partial charge in [0.25, 0.3) is 0 Å². The number of ether oxygens (including phenoxy) is 1. The molecule has 0 aliphatic carbocycles. The smallest absolute Gasteiger partial charge is 0.219 e. The SMILES string of the molecule is CCC(=O)NCCOCC(=O)C(C)C. The van der Waals surface area contributed by atoms with E-state index in [1.54, 1.807) is 6.92 Å². The molecule has 82 valence electrons. The van der Waals surface area contributed by atoms with Crippen LogP contribution in [-0.4, -0.2) is 31.4 Å². The maximum atomic E-state index is 11.1. The molecule has 0 rings (SSSR count). The van der Waals surface area contributed by atoms with Gasteiger partial charge in [0, 0.05) is 18.9 Å². The molecule has 1 amide bonds. The summed E-state index contributed by atoms with van der Waals surface area (Å²) in [7, 11) is 0. The zero-order valence-corrected chi connectivity index (χ0v) is 9.13. The second kappa shape index (κ2) is 7.50. The lowest BCUT2D eigenvalue weighted by Crippen LogP contribution is -2.27. The monoisotopic (exact) mass is 201 g/mol. The van der Waals surface area contributed by atoms with Crippen LogP contribution in [0.5, 0.6) is 0 Å². The fourth-order valence-electron chi connectivity index (χ4n) is 0.727. The Labute approximate surface area is 85.0 Å². The highest BCUT2D eigenvalue weighted by atomic mass is 16.5. The minimum atomic E-state index is 0.00351. The van der Waals surface area contributed by atoms with Gasteiger partial charge in [0.2, 0.25) is 5.91 Å². The molecule has 0 aromatic rings. The summed E-state index contributed by atoms with van der Waals surface area (Å²) < 4.78 is 5.09. The molecule has 4 nitrogen and oxygen atoms in total. The molecule has 0 aromatic heterocycles. The minimum Gasteiger partial charge on any atom is -0.372 e. The number of hydrogen-bond acceptors (Lipinski definition) is 3. The summed E-state index contributed by atoms with van der Waals surface area (Å²) in [5, 5.41) is 2.66. The maximum absolute atomic E-state index is 11.1. The van der Waals surface area contributed by atoms with E-state index in [2.05, 4.69) is 5.32 Å². The minimum absolute atomic E-state index is 0.00351. The van der Waals surface area contributed by atoms with E-state index in [9.17, 15) is 9.59 Å². The topological polar surface area (TPSA) is 55.4 Å². The van der Waals surface area contributed by atoms with Crippen molar-refractivity contribution in [3.63, 3.8) is 0 Å². The van der Waals surface area contributed by atoms with Gasteiger partial charge < -0.3 is 10.1 Å². The van der Waals surface area contributed by atoms with E-state index in [1.165, 1.54) is 0 Å². The van der Waals surface area contributed by atoms with Crippen LogP contribution >= 0.6 is 0 Å². The third-order valence-electron chi connectivity index (χ3n) is 1.78. The second-order valence-corrected chi connectivity index (χ2v) is 3.38. The van der Waals surface area contributed by atoms with Crippen molar-refractivity contribution >= 4 is 11.7 Å². The molecule has 0 saturated carbocycles. The highest BCUT2D eigenvalue weighted by Gasteiger charge is 2.06. The normalized spacial score (nSPS) is 10.3. The number of amides is 1. The average molecular weight is 201 g/mol. The molecule has 0 aliphatic heterocycles. The van der Waals surface area contributed by atoms with Gasteiger partial charge in [-0.2, -0.15) is 0 Å². The van der Waals surface area contributed by atoms with Gasteiger partial charge in [-0.3, -0.25) is 9.59 Å². The quantitative estimate of drug-likeness (QED) is 0.618. The Morgan fingerprint density at radius 1 is 1.36 bits per heavy atom. The lowest BCUT2D eigenvalue weighted by atomic mass is 10.1. The highest BCUT2D eigenvalue weighted by molar-refractivity contribution is 5.81. The van der Waals surface area contributed by atoms with Gasteiger partial charge in [-0.05, 0) is 0 Å². The molecule has 0 aromatic carbocycles. The van der Waals surface area contributed by atoms with E-state index >= 15 is 0 Å². The van der Waals surface area contributed by atoms with Crippen molar-refractivity contribution in [2.24, 2.45) is 5.92 Å². The van der Waals surface area contributed by atoms with Crippen molar-refractivity contribution in [1.82, 2.24) is 5.32 Å². The van der Waals surface area contributed by atoms with Gasteiger partial charge in [0.05, 0.1) is 6.61 Å². The third kappa shape index (κ3) is 6.60. The summed E-state index contributed by atoms with van der Waals surface area (Å²) in [5.74, 6) is 0.107. The van der Waals surface area contributed by atoms with E-state index in [1.807, 2.05) is 13.8 Å². The van der Waals surface area contributed by atoms with Gasteiger partial charge >= 0.3 is 0 Å². The van der Waals surface area contributed by atoms with Crippen LogP contribution in [0.3, 0.4) is 0 Å². The number of rotatable bonds is 7. The van der Waals surface area contributed by atoms with Gasteiger partial charge in [-0.15, -0.1) is 0 Å². The molecule has 0 atom stereocenters. The van der Waals surface area contributed by atoms with Crippen LogP contribution in [0.15, 0.2) is 0 Å². The van der Waals surface area contributed by atoms with E-state index < -0.39 is 0 Å². The average Bonchev–Trinajstić information content (AvgIpc) is 2.16. The molecule has 0 fully saturated rings. The largest absolute Gasteiger partial charge is 0.372 e. The Morgan fingerprint density at radius 2 is 2.00 bits per heavy atom. The van der Waals surface area contributed by atoms with Crippen molar-refractivity contribution in [3.05, 3.63) is 0 Å². The summed E-state index contributed by atoms with van der Waals surface area (Å²) in [6.07, 6.45) is 0.477. The lowest BCUT2D eigenvalue weighted by Gasteiger charge is -2.06. The van der Waals surface area contributed by atoms with Crippen molar-refractivity contribution in [3.8, 4) is 0 Å². The predicted molar refractivity (Wildman–Crippen MR) is 54.0 cm³/mol. The molecule has 1 N–H and O–H groups in total. The van der Waals surface area contributed by atoms with E-state index in [-0.39, 0.29) is 24.2 Å². The Kier molecular flexibility index (Phi) is 7.02. The summed E-state index contributed by atoms with van der Waals surface area (Å²) in [6.45, 7) is 6.47. The first kappa shape index (κ1) is 13.1. The second-order valence-electron chi connectivity index (χ2n) is 3.38. The summed E-state index contributed by atoms with van der Waals surface area (Å²) in [4.78, 5) is 21.9. The fraction of sp³-hybridized carbons (Fsp3) is 0.800. The molecule has 0 saturated heterocycles. The fourth-order valence-corrected chi connectivity index (χ4v) is 0.727. The van der Waals surface area contributed by atoms with E-state index in [0.29, 0.717) is 19.6 Å². The van der Waals surface area contributed by atoms with E-state index in [0.717, 1.165) is 0 Å². The summed E-state index contributed by atoms with van der Waals surface area (Å²) >= 11 is 0. The molecule has 0 aliphatic rings. The van der Waals surface area contributed by atoms with Gasteiger partial charge in [0.1, 0.15) is 6.61 Å². The number of carbonyl (C=O) groups excluding carboxylic acids is 2. The Morgan fingerprint density at radius 3 is 2.50 bits per heavy atom. The molecule has 0 heterocycles. The van der Waals surface area contributed by atoms with Crippen molar-refractivity contribution in [2.45, 2.75) is 27.2 Å². The van der Waals surface area contributed by atoms with Gasteiger partial charge in [-0.1, -0.05) is 20.8 Å².